The molecule has 0 bridgehead atoms. The molecule has 0 aliphatic heterocycles. The van der Waals surface area contributed by atoms with Gasteiger partial charge in [0.25, 0.3) is 0 Å². The molecule has 2 N–H and O–H groups in total. The van der Waals surface area contributed by atoms with E-state index in [0.717, 1.165) is 17.7 Å². The van der Waals surface area contributed by atoms with E-state index in [1.807, 2.05) is 24.4 Å². The van der Waals surface area contributed by atoms with Crippen LogP contribution < -0.4 is 5.32 Å². The number of fused-ring (bicyclic) bond motifs is 1. The van der Waals surface area contributed by atoms with Gasteiger partial charge in [-0.25, -0.2) is 0 Å². The first-order chi connectivity index (χ1) is 11.7. The van der Waals surface area contributed by atoms with Crippen molar-refractivity contribution < 1.29 is 4.79 Å². The van der Waals surface area contributed by atoms with Gasteiger partial charge in [-0.05, 0) is 43.2 Å². The molecule has 3 rings (SSSR count). The number of thioether (sulfide) groups is 1. The van der Waals surface area contributed by atoms with Crippen molar-refractivity contribution in [3.8, 4) is 0 Å². The zero-order chi connectivity index (χ0) is 16.8. The Morgan fingerprint density at radius 1 is 1.17 bits per heavy atom. The molecule has 4 heteroatoms. The summed E-state index contributed by atoms with van der Waals surface area (Å²) >= 11 is 1.72. The van der Waals surface area contributed by atoms with Gasteiger partial charge in [0, 0.05) is 40.7 Å². The van der Waals surface area contributed by atoms with Crippen LogP contribution in [-0.4, -0.2) is 23.2 Å². The molecular formula is C20H22N2OS. The van der Waals surface area contributed by atoms with Gasteiger partial charge in [0.2, 0.25) is 5.91 Å². The molecule has 0 saturated heterocycles. The largest absolute Gasteiger partial charge is 0.361 e. The number of amides is 1. The SMILES string of the molecule is Cc1ccc2[nH]cc(CCNC(=O)CCSc3ccccc3)c2c1. The highest BCUT2D eigenvalue weighted by atomic mass is 32.2. The molecule has 0 aliphatic carbocycles. The van der Waals surface area contributed by atoms with Gasteiger partial charge in [-0.3, -0.25) is 4.79 Å². The fourth-order valence-corrected chi connectivity index (χ4v) is 3.58. The molecule has 3 nitrogen and oxygen atoms in total. The molecule has 0 fully saturated rings. The van der Waals surface area contributed by atoms with Crippen LogP contribution in [0, 0.1) is 6.92 Å². The second-order valence-corrected chi connectivity index (χ2v) is 7.04. The summed E-state index contributed by atoms with van der Waals surface area (Å²) in [5, 5.41) is 4.27. The minimum Gasteiger partial charge on any atom is -0.361 e. The monoisotopic (exact) mass is 338 g/mol. The van der Waals surface area contributed by atoms with Gasteiger partial charge in [0.05, 0.1) is 0 Å². The Bertz CT molecular complexity index is 811. The van der Waals surface area contributed by atoms with Crippen LogP contribution >= 0.6 is 11.8 Å². The van der Waals surface area contributed by atoms with Crippen molar-refractivity contribution in [3.63, 3.8) is 0 Å². The highest BCUT2D eigenvalue weighted by molar-refractivity contribution is 7.99. The molecule has 124 valence electrons. The molecule has 0 radical (unpaired) electrons. The predicted octanol–water partition coefficient (Wildman–Crippen LogP) is 4.32. The third kappa shape index (κ3) is 4.42. The van der Waals surface area contributed by atoms with E-state index in [2.05, 4.69) is 47.6 Å². The summed E-state index contributed by atoms with van der Waals surface area (Å²) in [5.74, 6) is 0.928. The summed E-state index contributed by atoms with van der Waals surface area (Å²) in [6.45, 7) is 2.78. The first-order valence-corrected chi connectivity index (χ1v) is 9.22. The van der Waals surface area contributed by atoms with Crippen LogP contribution in [0.4, 0.5) is 0 Å². The standard InChI is InChI=1S/C20H22N2OS/c1-15-7-8-19-18(13-15)16(14-22-19)9-11-21-20(23)10-12-24-17-5-3-2-4-6-17/h2-8,13-14,22H,9-12H2,1H3,(H,21,23). The number of carbonyl (C=O) groups is 1. The summed E-state index contributed by atoms with van der Waals surface area (Å²) in [7, 11) is 0. The Kier molecular flexibility index (Phi) is 5.59. The van der Waals surface area contributed by atoms with E-state index in [0.29, 0.717) is 13.0 Å². The fraction of sp³-hybridized carbons (Fsp3) is 0.250. The van der Waals surface area contributed by atoms with E-state index in [1.165, 1.54) is 21.4 Å². The number of hydrogen-bond acceptors (Lipinski definition) is 2. The van der Waals surface area contributed by atoms with E-state index >= 15 is 0 Å². The van der Waals surface area contributed by atoms with Crippen molar-refractivity contribution >= 4 is 28.6 Å². The Morgan fingerprint density at radius 3 is 2.83 bits per heavy atom. The van der Waals surface area contributed by atoms with E-state index in [1.54, 1.807) is 11.8 Å². The third-order valence-electron chi connectivity index (χ3n) is 3.98. The molecule has 0 saturated carbocycles. The van der Waals surface area contributed by atoms with E-state index in [9.17, 15) is 4.79 Å². The van der Waals surface area contributed by atoms with E-state index < -0.39 is 0 Å². The molecule has 0 atom stereocenters. The maximum absolute atomic E-state index is 11.9. The molecule has 0 spiro atoms. The Morgan fingerprint density at radius 2 is 2.00 bits per heavy atom. The quantitative estimate of drug-likeness (QED) is 0.630. The first-order valence-electron chi connectivity index (χ1n) is 8.23. The zero-order valence-corrected chi connectivity index (χ0v) is 14.7. The Balaban J connectivity index is 1.42. The smallest absolute Gasteiger partial charge is 0.220 e. The van der Waals surface area contributed by atoms with Gasteiger partial charge in [-0.2, -0.15) is 0 Å². The minimum absolute atomic E-state index is 0.120. The second-order valence-electron chi connectivity index (χ2n) is 5.87. The van der Waals surface area contributed by atoms with Gasteiger partial charge in [0.1, 0.15) is 0 Å². The molecule has 0 aliphatic rings. The molecule has 0 unspecified atom stereocenters. The number of aromatic amines is 1. The topological polar surface area (TPSA) is 44.9 Å². The van der Waals surface area contributed by atoms with Crippen molar-refractivity contribution in [1.82, 2.24) is 10.3 Å². The van der Waals surface area contributed by atoms with Crippen molar-refractivity contribution in [3.05, 3.63) is 65.9 Å². The lowest BCUT2D eigenvalue weighted by Gasteiger charge is -2.05. The number of hydrogen-bond donors (Lipinski definition) is 2. The van der Waals surface area contributed by atoms with Crippen molar-refractivity contribution in [2.75, 3.05) is 12.3 Å². The molecule has 2 aromatic carbocycles. The van der Waals surface area contributed by atoms with Crippen LogP contribution in [-0.2, 0) is 11.2 Å². The maximum Gasteiger partial charge on any atom is 0.220 e. The zero-order valence-electron chi connectivity index (χ0n) is 13.8. The molecular weight excluding hydrogens is 316 g/mol. The molecule has 24 heavy (non-hydrogen) atoms. The molecule has 1 aromatic heterocycles. The summed E-state index contributed by atoms with van der Waals surface area (Å²) < 4.78 is 0. The average Bonchev–Trinajstić information content (AvgIpc) is 2.98. The first kappa shape index (κ1) is 16.7. The van der Waals surface area contributed by atoms with Crippen molar-refractivity contribution in [1.29, 1.82) is 0 Å². The summed E-state index contributed by atoms with van der Waals surface area (Å²) in [6, 6.07) is 16.6. The number of benzene rings is 2. The third-order valence-corrected chi connectivity index (χ3v) is 4.99. The van der Waals surface area contributed by atoms with Crippen LogP contribution in [0.1, 0.15) is 17.5 Å². The van der Waals surface area contributed by atoms with Gasteiger partial charge in [-0.15, -0.1) is 11.8 Å². The molecule has 1 amide bonds. The van der Waals surface area contributed by atoms with E-state index in [4.69, 9.17) is 0 Å². The lowest BCUT2D eigenvalue weighted by molar-refractivity contribution is -0.120. The Hall–Kier alpha value is -2.20. The number of nitrogens with one attached hydrogen (secondary N) is 2. The van der Waals surface area contributed by atoms with Crippen LogP contribution in [0.2, 0.25) is 0 Å². The van der Waals surface area contributed by atoms with Gasteiger partial charge >= 0.3 is 0 Å². The number of rotatable bonds is 7. The van der Waals surface area contributed by atoms with Crippen LogP contribution in [0.5, 0.6) is 0 Å². The highest BCUT2D eigenvalue weighted by Gasteiger charge is 2.05. The number of aromatic nitrogens is 1. The van der Waals surface area contributed by atoms with E-state index in [-0.39, 0.29) is 5.91 Å². The summed E-state index contributed by atoms with van der Waals surface area (Å²) in [6.07, 6.45) is 3.44. The summed E-state index contributed by atoms with van der Waals surface area (Å²) in [5.41, 5.74) is 3.67. The highest BCUT2D eigenvalue weighted by Crippen LogP contribution is 2.20. The maximum atomic E-state index is 11.9. The lowest BCUT2D eigenvalue weighted by Crippen LogP contribution is -2.25. The number of carbonyl (C=O) groups excluding carboxylic acids is 1. The van der Waals surface area contributed by atoms with Crippen molar-refractivity contribution in [2.24, 2.45) is 0 Å². The Labute approximate surface area is 146 Å². The van der Waals surface area contributed by atoms with Gasteiger partial charge in [-0.1, -0.05) is 29.8 Å². The van der Waals surface area contributed by atoms with Crippen LogP contribution in [0.3, 0.4) is 0 Å². The second kappa shape index (κ2) is 8.06. The molecule has 3 aromatic rings. The molecule has 1 heterocycles. The summed E-state index contributed by atoms with van der Waals surface area (Å²) in [4.78, 5) is 16.4. The van der Waals surface area contributed by atoms with Crippen LogP contribution in [0.25, 0.3) is 10.9 Å². The van der Waals surface area contributed by atoms with Crippen LogP contribution in [0.15, 0.2) is 59.6 Å². The van der Waals surface area contributed by atoms with Gasteiger partial charge in [0.15, 0.2) is 0 Å². The fourth-order valence-electron chi connectivity index (χ4n) is 2.70. The number of H-pyrrole nitrogens is 1. The lowest BCUT2D eigenvalue weighted by atomic mass is 10.1. The van der Waals surface area contributed by atoms with Crippen molar-refractivity contribution in [2.45, 2.75) is 24.7 Å². The number of aryl methyl sites for hydroxylation is 1. The average molecular weight is 338 g/mol. The predicted molar refractivity (Wildman–Crippen MR) is 102 cm³/mol. The van der Waals surface area contributed by atoms with Gasteiger partial charge < -0.3 is 10.3 Å². The minimum atomic E-state index is 0.120. The normalized spacial score (nSPS) is 10.9.